The normalized spacial score (nSPS) is 12.7. The van der Waals surface area contributed by atoms with Gasteiger partial charge in [0.25, 0.3) is 0 Å². The van der Waals surface area contributed by atoms with E-state index in [0.717, 1.165) is 6.08 Å². The number of hydrogen-bond acceptors (Lipinski definition) is 2. The van der Waals surface area contributed by atoms with Gasteiger partial charge in [-0.15, -0.1) is 0 Å². The average molecular weight is 279 g/mol. The fourth-order valence-electron chi connectivity index (χ4n) is 1.46. The van der Waals surface area contributed by atoms with Crippen LogP contribution in [0.2, 0.25) is 0 Å². The van der Waals surface area contributed by atoms with E-state index < -0.39 is 11.8 Å². The van der Waals surface area contributed by atoms with Crippen molar-refractivity contribution in [1.29, 1.82) is 0 Å². The summed E-state index contributed by atoms with van der Waals surface area (Å²) in [5, 5.41) is 11.1. The Labute approximate surface area is 117 Å². The van der Waals surface area contributed by atoms with Crippen LogP contribution in [0, 0.1) is 17.7 Å². The zero-order chi connectivity index (χ0) is 15.3. The number of amides is 1. The standard InChI is InChI=1S/C15H18FNO3/c1-9(2)10(3)15(20)17-12-6-4-11(13(16)8-12)5-7-14(18)19/h4-10H,1-3H3,(H,17,20)(H,18,19). The summed E-state index contributed by atoms with van der Waals surface area (Å²) in [6, 6.07) is 4.13. The summed E-state index contributed by atoms with van der Waals surface area (Å²) < 4.78 is 13.7. The highest BCUT2D eigenvalue weighted by Crippen LogP contribution is 2.18. The SMILES string of the molecule is CC(C)C(C)C(=O)Nc1ccc(C=CC(=O)O)c(F)c1. The van der Waals surface area contributed by atoms with E-state index in [0.29, 0.717) is 5.69 Å². The van der Waals surface area contributed by atoms with Crippen molar-refractivity contribution >= 4 is 23.6 Å². The molecule has 5 heteroatoms. The van der Waals surface area contributed by atoms with Crippen LogP contribution in [-0.2, 0) is 9.59 Å². The summed E-state index contributed by atoms with van der Waals surface area (Å²) in [7, 11) is 0. The maximum Gasteiger partial charge on any atom is 0.328 e. The zero-order valence-electron chi connectivity index (χ0n) is 11.7. The molecule has 0 aliphatic carbocycles. The first-order valence-electron chi connectivity index (χ1n) is 6.32. The molecule has 1 rings (SSSR count). The Kier molecular flexibility index (Phi) is 5.43. The van der Waals surface area contributed by atoms with Gasteiger partial charge in [0.15, 0.2) is 0 Å². The molecule has 1 aromatic carbocycles. The molecule has 4 nitrogen and oxygen atoms in total. The number of carboxylic acid groups (broad SMARTS) is 1. The van der Waals surface area contributed by atoms with Crippen LogP contribution in [0.25, 0.3) is 6.08 Å². The van der Waals surface area contributed by atoms with Crippen molar-refractivity contribution in [3.05, 3.63) is 35.7 Å². The number of carbonyl (C=O) groups is 2. The van der Waals surface area contributed by atoms with E-state index in [2.05, 4.69) is 5.32 Å². The van der Waals surface area contributed by atoms with Crippen molar-refractivity contribution in [3.8, 4) is 0 Å². The minimum Gasteiger partial charge on any atom is -0.478 e. The van der Waals surface area contributed by atoms with Gasteiger partial charge in [-0.2, -0.15) is 0 Å². The monoisotopic (exact) mass is 279 g/mol. The molecular formula is C15H18FNO3. The van der Waals surface area contributed by atoms with Crippen LogP contribution in [0.4, 0.5) is 10.1 Å². The molecule has 0 aliphatic rings. The molecule has 0 heterocycles. The second-order valence-electron chi connectivity index (χ2n) is 4.93. The predicted octanol–water partition coefficient (Wildman–Crippen LogP) is 3.15. The second kappa shape index (κ2) is 6.84. The number of aliphatic carboxylic acids is 1. The number of benzene rings is 1. The van der Waals surface area contributed by atoms with Gasteiger partial charge >= 0.3 is 5.97 Å². The Morgan fingerprint density at radius 3 is 2.45 bits per heavy atom. The van der Waals surface area contributed by atoms with Gasteiger partial charge in [-0.25, -0.2) is 9.18 Å². The molecule has 0 bridgehead atoms. The molecule has 1 aromatic rings. The van der Waals surface area contributed by atoms with Gasteiger partial charge < -0.3 is 10.4 Å². The smallest absolute Gasteiger partial charge is 0.328 e. The Balaban J connectivity index is 2.82. The fourth-order valence-corrected chi connectivity index (χ4v) is 1.46. The number of nitrogens with one attached hydrogen (secondary N) is 1. The van der Waals surface area contributed by atoms with E-state index in [1.54, 1.807) is 6.92 Å². The summed E-state index contributed by atoms with van der Waals surface area (Å²) >= 11 is 0. The van der Waals surface area contributed by atoms with Crippen LogP contribution in [0.5, 0.6) is 0 Å². The van der Waals surface area contributed by atoms with E-state index in [-0.39, 0.29) is 23.3 Å². The van der Waals surface area contributed by atoms with Gasteiger partial charge in [-0.1, -0.05) is 20.8 Å². The molecule has 1 amide bonds. The third kappa shape index (κ3) is 4.50. The van der Waals surface area contributed by atoms with Crippen LogP contribution in [0.1, 0.15) is 26.3 Å². The largest absolute Gasteiger partial charge is 0.478 e. The highest BCUT2D eigenvalue weighted by atomic mass is 19.1. The van der Waals surface area contributed by atoms with Crippen molar-refractivity contribution in [2.45, 2.75) is 20.8 Å². The Morgan fingerprint density at radius 1 is 1.30 bits per heavy atom. The maximum atomic E-state index is 13.7. The first-order chi connectivity index (χ1) is 9.31. The fraction of sp³-hybridized carbons (Fsp3) is 0.333. The lowest BCUT2D eigenvalue weighted by atomic mass is 9.97. The second-order valence-corrected chi connectivity index (χ2v) is 4.93. The van der Waals surface area contributed by atoms with Gasteiger partial charge in [-0.3, -0.25) is 4.79 Å². The van der Waals surface area contributed by atoms with Crippen molar-refractivity contribution in [1.82, 2.24) is 0 Å². The number of rotatable bonds is 5. The molecule has 0 saturated carbocycles. The molecule has 0 saturated heterocycles. The molecule has 1 unspecified atom stereocenters. The number of carbonyl (C=O) groups excluding carboxylic acids is 1. The van der Waals surface area contributed by atoms with Gasteiger partial charge in [0.1, 0.15) is 5.82 Å². The van der Waals surface area contributed by atoms with E-state index in [1.807, 2.05) is 13.8 Å². The van der Waals surface area contributed by atoms with Gasteiger partial charge in [-0.05, 0) is 30.2 Å². The van der Waals surface area contributed by atoms with Gasteiger partial charge in [0.2, 0.25) is 5.91 Å². The quantitative estimate of drug-likeness (QED) is 0.814. The maximum absolute atomic E-state index is 13.7. The summed E-state index contributed by atoms with van der Waals surface area (Å²) in [4.78, 5) is 22.2. The highest BCUT2D eigenvalue weighted by Gasteiger charge is 2.16. The molecule has 2 N–H and O–H groups in total. The minimum atomic E-state index is -1.15. The molecule has 0 aromatic heterocycles. The van der Waals surface area contributed by atoms with Crippen LogP contribution in [0.15, 0.2) is 24.3 Å². The number of anilines is 1. The molecule has 0 spiro atoms. The van der Waals surface area contributed by atoms with E-state index in [4.69, 9.17) is 5.11 Å². The van der Waals surface area contributed by atoms with Crippen LogP contribution in [-0.4, -0.2) is 17.0 Å². The first-order valence-corrected chi connectivity index (χ1v) is 6.32. The van der Waals surface area contributed by atoms with Crippen molar-refractivity contribution in [2.75, 3.05) is 5.32 Å². The summed E-state index contributed by atoms with van der Waals surface area (Å²) in [5.74, 6) is -1.89. The minimum absolute atomic E-state index is 0.155. The van der Waals surface area contributed by atoms with Crippen molar-refractivity contribution in [3.63, 3.8) is 0 Å². The third-order valence-electron chi connectivity index (χ3n) is 3.09. The van der Waals surface area contributed by atoms with E-state index in [1.165, 1.54) is 24.3 Å². The van der Waals surface area contributed by atoms with Crippen molar-refractivity contribution < 1.29 is 19.1 Å². The average Bonchev–Trinajstić information content (AvgIpc) is 2.36. The summed E-state index contributed by atoms with van der Waals surface area (Å²) in [5.41, 5.74) is 0.509. The number of hydrogen-bond donors (Lipinski definition) is 2. The highest BCUT2D eigenvalue weighted by molar-refractivity contribution is 5.92. The zero-order valence-corrected chi connectivity index (χ0v) is 11.7. The van der Waals surface area contributed by atoms with Crippen LogP contribution < -0.4 is 5.32 Å². The summed E-state index contributed by atoms with van der Waals surface area (Å²) in [6.07, 6.45) is 2.03. The number of carboxylic acids is 1. The topological polar surface area (TPSA) is 66.4 Å². The molecule has 0 fully saturated rings. The van der Waals surface area contributed by atoms with Gasteiger partial charge in [0, 0.05) is 23.2 Å². The van der Waals surface area contributed by atoms with Crippen LogP contribution >= 0.6 is 0 Å². The van der Waals surface area contributed by atoms with Crippen molar-refractivity contribution in [2.24, 2.45) is 11.8 Å². The molecule has 0 aliphatic heterocycles. The summed E-state index contributed by atoms with van der Waals surface area (Å²) in [6.45, 7) is 5.68. The Bertz CT molecular complexity index is 538. The Morgan fingerprint density at radius 2 is 1.95 bits per heavy atom. The molecule has 1 atom stereocenters. The first kappa shape index (κ1) is 15.9. The third-order valence-corrected chi connectivity index (χ3v) is 3.09. The van der Waals surface area contributed by atoms with E-state index in [9.17, 15) is 14.0 Å². The van der Waals surface area contributed by atoms with E-state index >= 15 is 0 Å². The number of halogens is 1. The lowest BCUT2D eigenvalue weighted by molar-refractivity contribution is -0.131. The molecular weight excluding hydrogens is 261 g/mol. The Hall–Kier alpha value is -2.17. The lowest BCUT2D eigenvalue weighted by Crippen LogP contribution is -2.24. The predicted molar refractivity (Wildman–Crippen MR) is 75.7 cm³/mol. The lowest BCUT2D eigenvalue weighted by Gasteiger charge is -2.15. The van der Waals surface area contributed by atoms with Crippen LogP contribution in [0.3, 0.4) is 0 Å². The molecule has 108 valence electrons. The molecule has 20 heavy (non-hydrogen) atoms. The molecule has 0 radical (unpaired) electrons. The van der Waals surface area contributed by atoms with Gasteiger partial charge in [0.05, 0.1) is 0 Å².